The molecule has 1 amide bonds. The lowest BCUT2D eigenvalue weighted by molar-refractivity contribution is -0.0248. The molecule has 1 aliphatic rings. The zero-order valence-corrected chi connectivity index (χ0v) is 15.2. The number of hydrogen-bond acceptors (Lipinski definition) is 5. The van der Waals surface area contributed by atoms with Crippen molar-refractivity contribution in [3.8, 4) is 0 Å². The molecule has 0 bridgehead atoms. The van der Waals surface area contributed by atoms with Gasteiger partial charge in [-0.05, 0) is 18.2 Å². The number of H-pyrrole nitrogens is 1. The zero-order chi connectivity index (χ0) is 18.0. The van der Waals surface area contributed by atoms with Crippen LogP contribution >= 0.6 is 0 Å². The van der Waals surface area contributed by atoms with Crippen molar-refractivity contribution < 1.29 is 9.53 Å². The number of anilines is 1. The van der Waals surface area contributed by atoms with E-state index >= 15 is 0 Å². The number of carbonyl (C=O) groups is 1. The fourth-order valence-corrected chi connectivity index (χ4v) is 2.76. The summed E-state index contributed by atoms with van der Waals surface area (Å²) in [5.41, 5.74) is 2.14. The van der Waals surface area contributed by atoms with Gasteiger partial charge in [-0.3, -0.25) is 9.89 Å². The van der Waals surface area contributed by atoms with Gasteiger partial charge in [0.25, 0.3) is 5.91 Å². The highest BCUT2D eigenvalue weighted by molar-refractivity contribution is 5.92. The Labute approximate surface area is 147 Å². The molecule has 3 rings (SSSR count). The Morgan fingerprint density at radius 1 is 1.40 bits per heavy atom. The molecule has 0 aromatic carbocycles. The maximum Gasteiger partial charge on any atom is 0.274 e. The Balaban J connectivity index is 1.74. The average molecular weight is 343 g/mol. The molecule has 0 saturated carbocycles. The Morgan fingerprint density at radius 3 is 2.88 bits per heavy atom. The van der Waals surface area contributed by atoms with E-state index in [-0.39, 0.29) is 17.4 Å². The topological polar surface area (TPSA) is 83.1 Å². The molecule has 1 aliphatic heterocycles. The minimum atomic E-state index is -0.230. The molecule has 1 atom stereocenters. The SMILES string of the molecule is CNc1cccc(C2CN(C(=O)c3cc(C(C)(C)C)[nH]n3)CCO2)n1. The molecular formula is C18H25N5O2. The van der Waals surface area contributed by atoms with Crippen LogP contribution in [0, 0.1) is 0 Å². The molecule has 7 heteroatoms. The van der Waals surface area contributed by atoms with E-state index < -0.39 is 0 Å². The molecule has 25 heavy (non-hydrogen) atoms. The fraction of sp³-hybridized carbons (Fsp3) is 0.500. The number of carbonyl (C=O) groups excluding carboxylic acids is 1. The van der Waals surface area contributed by atoms with Gasteiger partial charge in [0.1, 0.15) is 17.6 Å². The van der Waals surface area contributed by atoms with Gasteiger partial charge < -0.3 is 15.0 Å². The molecule has 134 valence electrons. The summed E-state index contributed by atoms with van der Waals surface area (Å²) in [5, 5.41) is 10.2. The highest BCUT2D eigenvalue weighted by atomic mass is 16.5. The maximum atomic E-state index is 12.8. The van der Waals surface area contributed by atoms with E-state index in [1.807, 2.05) is 31.3 Å². The molecule has 0 aliphatic carbocycles. The zero-order valence-electron chi connectivity index (χ0n) is 15.2. The van der Waals surface area contributed by atoms with Crippen molar-refractivity contribution in [1.82, 2.24) is 20.1 Å². The van der Waals surface area contributed by atoms with Gasteiger partial charge in [-0.25, -0.2) is 4.98 Å². The Bertz CT molecular complexity index is 750. The molecular weight excluding hydrogens is 318 g/mol. The number of morpholine rings is 1. The molecule has 7 nitrogen and oxygen atoms in total. The van der Waals surface area contributed by atoms with Gasteiger partial charge in [0, 0.05) is 24.7 Å². The number of nitrogens with one attached hydrogen (secondary N) is 2. The van der Waals surface area contributed by atoms with Crippen molar-refractivity contribution in [3.63, 3.8) is 0 Å². The van der Waals surface area contributed by atoms with Gasteiger partial charge in [0.05, 0.1) is 18.8 Å². The second-order valence-corrected chi connectivity index (χ2v) is 7.23. The van der Waals surface area contributed by atoms with Crippen LogP contribution in [0.2, 0.25) is 0 Å². The molecule has 2 aromatic rings. The third-order valence-electron chi connectivity index (χ3n) is 4.32. The van der Waals surface area contributed by atoms with Crippen LogP contribution in [0.25, 0.3) is 0 Å². The van der Waals surface area contributed by atoms with Crippen LogP contribution < -0.4 is 5.32 Å². The van der Waals surface area contributed by atoms with E-state index in [4.69, 9.17) is 4.74 Å². The molecule has 1 saturated heterocycles. The van der Waals surface area contributed by atoms with Crippen molar-refractivity contribution in [2.45, 2.75) is 32.3 Å². The van der Waals surface area contributed by atoms with Gasteiger partial charge in [-0.1, -0.05) is 26.8 Å². The van der Waals surface area contributed by atoms with Crippen LogP contribution in [0.1, 0.15) is 48.8 Å². The summed E-state index contributed by atoms with van der Waals surface area (Å²) in [4.78, 5) is 19.1. The van der Waals surface area contributed by atoms with E-state index in [1.165, 1.54) is 0 Å². The third kappa shape index (κ3) is 3.82. The number of aromatic amines is 1. The summed E-state index contributed by atoms with van der Waals surface area (Å²) in [6, 6.07) is 7.59. The standard InChI is InChI=1S/C18H25N5O2/c1-18(2,3)15-10-13(21-22-15)17(24)23-8-9-25-14(11-23)12-6-5-7-16(19-4)20-12/h5-7,10,14H,8-9,11H2,1-4H3,(H,19,20)(H,21,22). The lowest BCUT2D eigenvalue weighted by atomic mass is 9.92. The van der Waals surface area contributed by atoms with Gasteiger partial charge >= 0.3 is 0 Å². The summed E-state index contributed by atoms with van der Waals surface area (Å²) in [7, 11) is 1.83. The monoisotopic (exact) mass is 343 g/mol. The summed E-state index contributed by atoms with van der Waals surface area (Å²) in [6.45, 7) is 7.76. The van der Waals surface area contributed by atoms with Crippen molar-refractivity contribution >= 4 is 11.7 Å². The number of hydrogen-bond donors (Lipinski definition) is 2. The van der Waals surface area contributed by atoms with Crippen LogP contribution in [0.5, 0.6) is 0 Å². The molecule has 1 unspecified atom stereocenters. The summed E-state index contributed by atoms with van der Waals surface area (Å²) >= 11 is 0. The Kier molecular flexibility index (Phi) is 4.76. The highest BCUT2D eigenvalue weighted by Crippen LogP contribution is 2.24. The van der Waals surface area contributed by atoms with Crippen LogP contribution in [-0.2, 0) is 10.2 Å². The first-order valence-electron chi connectivity index (χ1n) is 8.50. The summed E-state index contributed by atoms with van der Waals surface area (Å²) in [5.74, 6) is 0.705. The minimum Gasteiger partial charge on any atom is -0.373 e. The minimum absolute atomic E-state index is 0.0728. The van der Waals surface area contributed by atoms with E-state index in [0.29, 0.717) is 25.4 Å². The van der Waals surface area contributed by atoms with Gasteiger partial charge in [-0.2, -0.15) is 5.10 Å². The Hall–Kier alpha value is -2.41. The summed E-state index contributed by atoms with van der Waals surface area (Å²) < 4.78 is 5.83. The quantitative estimate of drug-likeness (QED) is 0.894. The van der Waals surface area contributed by atoms with E-state index in [0.717, 1.165) is 17.2 Å². The highest BCUT2D eigenvalue weighted by Gasteiger charge is 2.29. The number of aromatic nitrogens is 3. The number of pyridine rings is 1. The lowest BCUT2D eigenvalue weighted by Crippen LogP contribution is -2.42. The van der Waals surface area contributed by atoms with Crippen LogP contribution in [-0.4, -0.2) is 52.7 Å². The molecule has 0 radical (unpaired) electrons. The molecule has 0 spiro atoms. The van der Waals surface area contributed by atoms with Crippen molar-refractivity contribution in [2.75, 3.05) is 32.1 Å². The smallest absolute Gasteiger partial charge is 0.274 e. The van der Waals surface area contributed by atoms with E-state index in [9.17, 15) is 4.79 Å². The van der Waals surface area contributed by atoms with Gasteiger partial charge in [-0.15, -0.1) is 0 Å². The normalized spacial score (nSPS) is 18.2. The molecule has 2 N–H and O–H groups in total. The third-order valence-corrected chi connectivity index (χ3v) is 4.32. The average Bonchev–Trinajstić information content (AvgIpc) is 3.12. The van der Waals surface area contributed by atoms with Crippen molar-refractivity contribution in [1.29, 1.82) is 0 Å². The van der Waals surface area contributed by atoms with E-state index in [2.05, 4.69) is 41.3 Å². The summed E-state index contributed by atoms with van der Waals surface area (Å²) in [6.07, 6.45) is -0.230. The molecule has 1 fully saturated rings. The first-order chi connectivity index (χ1) is 11.9. The van der Waals surface area contributed by atoms with Gasteiger partial charge in [0.2, 0.25) is 0 Å². The van der Waals surface area contributed by atoms with Crippen LogP contribution in [0.3, 0.4) is 0 Å². The van der Waals surface area contributed by atoms with E-state index in [1.54, 1.807) is 4.90 Å². The second kappa shape index (κ2) is 6.84. The first-order valence-corrected chi connectivity index (χ1v) is 8.50. The number of ether oxygens (including phenoxy) is 1. The van der Waals surface area contributed by atoms with Crippen molar-refractivity contribution in [3.05, 3.63) is 41.3 Å². The number of amides is 1. The van der Waals surface area contributed by atoms with Crippen LogP contribution in [0.15, 0.2) is 24.3 Å². The molecule has 3 heterocycles. The maximum absolute atomic E-state index is 12.8. The largest absolute Gasteiger partial charge is 0.373 e. The molecule has 2 aromatic heterocycles. The first kappa shape index (κ1) is 17.4. The van der Waals surface area contributed by atoms with Crippen molar-refractivity contribution in [2.24, 2.45) is 0 Å². The van der Waals surface area contributed by atoms with Crippen LogP contribution in [0.4, 0.5) is 5.82 Å². The number of rotatable bonds is 3. The van der Waals surface area contributed by atoms with Gasteiger partial charge in [0.15, 0.2) is 0 Å². The predicted octanol–water partition coefficient (Wildman–Crippen LogP) is 2.36. The fourth-order valence-electron chi connectivity index (χ4n) is 2.76. The number of nitrogens with zero attached hydrogens (tertiary/aromatic N) is 3. The lowest BCUT2D eigenvalue weighted by Gasteiger charge is -2.32. The second-order valence-electron chi connectivity index (χ2n) is 7.23. The predicted molar refractivity (Wildman–Crippen MR) is 95.7 cm³/mol. The Morgan fingerprint density at radius 2 is 2.20 bits per heavy atom.